The zero-order valence-corrected chi connectivity index (χ0v) is 18.6. The molecule has 5 rings (SSSR count). The number of hydrogen-bond donors (Lipinski definition) is 1. The molecular weight excluding hydrogens is 436 g/mol. The Bertz CT molecular complexity index is 1270. The van der Waals surface area contributed by atoms with E-state index in [1.54, 1.807) is 28.3 Å². The van der Waals surface area contributed by atoms with Gasteiger partial charge in [0.15, 0.2) is 10.8 Å². The second kappa shape index (κ2) is 7.97. The topological polar surface area (TPSA) is 114 Å². The third kappa shape index (κ3) is 3.65. The summed E-state index contributed by atoms with van der Waals surface area (Å²) in [5.41, 5.74) is 5.92. The molecule has 0 bridgehead atoms. The quantitative estimate of drug-likeness (QED) is 0.628. The van der Waals surface area contributed by atoms with E-state index in [-0.39, 0.29) is 16.3 Å². The molecule has 2 aliphatic rings. The monoisotopic (exact) mass is 460 g/mol. The fourth-order valence-corrected chi connectivity index (χ4v) is 6.47. The number of hydrogen-bond acceptors (Lipinski definition) is 8. The van der Waals surface area contributed by atoms with E-state index in [1.165, 1.54) is 21.8 Å². The van der Waals surface area contributed by atoms with Crippen LogP contribution in [0.4, 0.5) is 5.82 Å². The highest BCUT2D eigenvalue weighted by atomic mass is 32.2. The average Bonchev–Trinajstić information content (AvgIpc) is 3.46. The number of thiazole rings is 1. The number of anilines is 1. The van der Waals surface area contributed by atoms with E-state index in [0.29, 0.717) is 30.4 Å². The maximum Gasteiger partial charge on any atom is 0.248 e. The summed E-state index contributed by atoms with van der Waals surface area (Å²) in [6.07, 6.45) is 6.52. The second-order valence-corrected chi connectivity index (χ2v) is 10.8. The Morgan fingerprint density at radius 1 is 1.13 bits per heavy atom. The molecule has 2 saturated heterocycles. The minimum absolute atomic E-state index is 0.0933. The van der Waals surface area contributed by atoms with Crippen LogP contribution in [0.5, 0.6) is 0 Å². The van der Waals surface area contributed by atoms with Gasteiger partial charge in [-0.1, -0.05) is 6.42 Å². The van der Waals surface area contributed by atoms with Crippen molar-refractivity contribution in [1.29, 1.82) is 0 Å². The number of rotatable bonds is 4. The van der Waals surface area contributed by atoms with Crippen molar-refractivity contribution in [2.75, 3.05) is 31.1 Å². The number of aromatic nitrogens is 3. The molecule has 31 heavy (non-hydrogen) atoms. The summed E-state index contributed by atoms with van der Waals surface area (Å²) >= 11 is 1.36. The minimum Gasteiger partial charge on any atom is -0.355 e. The lowest BCUT2D eigenvalue weighted by Gasteiger charge is -2.26. The van der Waals surface area contributed by atoms with Gasteiger partial charge in [-0.05, 0) is 31.4 Å². The molecule has 3 aromatic heterocycles. The summed E-state index contributed by atoms with van der Waals surface area (Å²) in [4.78, 5) is 24.2. The molecule has 2 aliphatic heterocycles. The van der Waals surface area contributed by atoms with Crippen molar-refractivity contribution in [3.05, 3.63) is 40.1 Å². The molecule has 3 aromatic rings. The van der Waals surface area contributed by atoms with Crippen LogP contribution in [0.25, 0.3) is 16.2 Å². The Labute approximate surface area is 184 Å². The van der Waals surface area contributed by atoms with Crippen molar-refractivity contribution in [3.63, 3.8) is 0 Å². The number of nitrogens with zero attached hydrogens (tertiary/aromatic N) is 5. The molecule has 0 spiro atoms. The molecule has 0 radical (unpaired) electrons. The second-order valence-electron chi connectivity index (χ2n) is 8.01. The molecule has 11 heteroatoms. The Morgan fingerprint density at radius 3 is 2.61 bits per heavy atom. The lowest BCUT2D eigenvalue weighted by molar-refractivity contribution is 0.346. The molecule has 0 amide bonds. The fraction of sp³-hybridized carbons (Fsp3) is 0.450. The predicted molar refractivity (Wildman–Crippen MR) is 120 cm³/mol. The van der Waals surface area contributed by atoms with Gasteiger partial charge in [-0.15, -0.1) is 11.3 Å². The van der Waals surface area contributed by atoms with Gasteiger partial charge in [0.05, 0.1) is 5.39 Å². The highest BCUT2D eigenvalue weighted by Gasteiger charge is 2.31. The average molecular weight is 461 g/mol. The zero-order valence-electron chi connectivity index (χ0n) is 17.0. The van der Waals surface area contributed by atoms with Crippen LogP contribution >= 0.6 is 11.3 Å². The van der Waals surface area contributed by atoms with Gasteiger partial charge in [0.25, 0.3) is 0 Å². The van der Waals surface area contributed by atoms with Crippen molar-refractivity contribution < 1.29 is 8.42 Å². The van der Waals surface area contributed by atoms with Crippen molar-refractivity contribution in [1.82, 2.24) is 18.8 Å². The van der Waals surface area contributed by atoms with E-state index in [4.69, 9.17) is 10.7 Å². The lowest BCUT2D eigenvalue weighted by Crippen LogP contribution is -2.38. The molecule has 0 aliphatic carbocycles. The smallest absolute Gasteiger partial charge is 0.248 e. The standard InChI is InChI=1S/C20H24N6O3S2/c21-14-6-10-24(12-14)17-5-4-15-18(27)16(31(28,29)25-8-2-1-3-9-25)13-26(19(15)23-17)20-22-7-11-30-20/h4-5,7,11,13-14H,1-3,6,8-10,12,21H2/t14-/m1/s1. The van der Waals surface area contributed by atoms with Gasteiger partial charge < -0.3 is 10.6 Å². The van der Waals surface area contributed by atoms with Gasteiger partial charge in [-0.3, -0.25) is 9.36 Å². The number of pyridine rings is 2. The third-order valence-electron chi connectivity index (χ3n) is 5.91. The van der Waals surface area contributed by atoms with Gasteiger partial charge in [0, 0.05) is 50.0 Å². The minimum atomic E-state index is -3.91. The maximum absolute atomic E-state index is 13.3. The molecule has 2 N–H and O–H groups in total. The maximum atomic E-state index is 13.3. The van der Waals surface area contributed by atoms with Crippen molar-refractivity contribution in [3.8, 4) is 5.13 Å². The molecule has 2 fully saturated rings. The van der Waals surface area contributed by atoms with E-state index in [0.717, 1.165) is 38.0 Å². The summed E-state index contributed by atoms with van der Waals surface area (Å²) < 4.78 is 29.7. The van der Waals surface area contributed by atoms with E-state index in [9.17, 15) is 13.2 Å². The SMILES string of the molecule is N[C@@H]1CCN(c2ccc3c(=O)c(S(=O)(=O)N4CCCCC4)cn(-c4nccs4)c3n2)C1. The first-order valence-corrected chi connectivity index (χ1v) is 12.7. The van der Waals surface area contributed by atoms with Crippen LogP contribution in [0.15, 0.2) is 39.6 Å². The first-order chi connectivity index (χ1) is 14.9. The molecule has 0 unspecified atom stereocenters. The van der Waals surface area contributed by atoms with Crippen LogP contribution in [-0.2, 0) is 10.0 Å². The Morgan fingerprint density at radius 2 is 1.94 bits per heavy atom. The lowest BCUT2D eigenvalue weighted by atomic mass is 10.2. The zero-order chi connectivity index (χ0) is 21.6. The predicted octanol–water partition coefficient (Wildman–Crippen LogP) is 1.55. The van der Waals surface area contributed by atoms with Crippen LogP contribution < -0.4 is 16.1 Å². The van der Waals surface area contributed by atoms with Gasteiger partial charge >= 0.3 is 0 Å². The first-order valence-electron chi connectivity index (χ1n) is 10.4. The first kappa shape index (κ1) is 20.6. The van der Waals surface area contributed by atoms with Gasteiger partial charge in [0.2, 0.25) is 15.5 Å². The van der Waals surface area contributed by atoms with Crippen molar-refractivity contribution >= 4 is 38.2 Å². The summed E-state index contributed by atoms with van der Waals surface area (Å²) in [5.74, 6) is 0.719. The normalized spacial score (nSPS) is 20.5. The Balaban J connectivity index is 1.70. The Hall–Kier alpha value is -2.34. The van der Waals surface area contributed by atoms with E-state index < -0.39 is 15.5 Å². The highest BCUT2D eigenvalue weighted by Crippen LogP contribution is 2.26. The molecule has 1 atom stereocenters. The van der Waals surface area contributed by atoms with Crippen molar-refractivity contribution in [2.45, 2.75) is 36.6 Å². The summed E-state index contributed by atoms with van der Waals surface area (Å²) in [5, 5.41) is 2.63. The van der Waals surface area contributed by atoms with Crippen LogP contribution in [0.3, 0.4) is 0 Å². The van der Waals surface area contributed by atoms with Crippen molar-refractivity contribution in [2.24, 2.45) is 5.73 Å². The van der Waals surface area contributed by atoms with Gasteiger partial charge in [0.1, 0.15) is 10.7 Å². The fourth-order valence-electron chi connectivity index (χ4n) is 4.25. The largest absolute Gasteiger partial charge is 0.355 e. The van der Waals surface area contributed by atoms with Crippen LogP contribution in [-0.4, -0.2) is 59.5 Å². The molecule has 164 valence electrons. The van der Waals surface area contributed by atoms with Crippen LogP contribution in [0.1, 0.15) is 25.7 Å². The van der Waals surface area contributed by atoms with Crippen LogP contribution in [0, 0.1) is 0 Å². The van der Waals surface area contributed by atoms with Crippen LogP contribution in [0.2, 0.25) is 0 Å². The molecule has 0 aromatic carbocycles. The van der Waals surface area contributed by atoms with E-state index >= 15 is 0 Å². The van der Waals surface area contributed by atoms with E-state index in [2.05, 4.69) is 9.88 Å². The third-order valence-corrected chi connectivity index (χ3v) is 8.57. The van der Waals surface area contributed by atoms with E-state index in [1.807, 2.05) is 0 Å². The molecular formula is C20H24N6O3S2. The molecule has 9 nitrogen and oxygen atoms in total. The Kier molecular flexibility index (Phi) is 5.29. The number of piperidine rings is 1. The number of fused-ring (bicyclic) bond motifs is 1. The highest BCUT2D eigenvalue weighted by molar-refractivity contribution is 7.89. The molecule has 0 saturated carbocycles. The summed E-state index contributed by atoms with van der Waals surface area (Å²) in [7, 11) is -3.91. The number of nitrogens with two attached hydrogens (primary N) is 1. The number of sulfonamides is 1. The van der Waals surface area contributed by atoms with Gasteiger partial charge in [-0.2, -0.15) is 4.31 Å². The molecule has 5 heterocycles. The summed E-state index contributed by atoms with van der Waals surface area (Å²) in [6.45, 7) is 2.36. The summed E-state index contributed by atoms with van der Waals surface area (Å²) in [6, 6.07) is 3.53. The van der Waals surface area contributed by atoms with Gasteiger partial charge in [-0.25, -0.2) is 18.4 Å².